The zero-order chi connectivity index (χ0) is 9.42. The topological polar surface area (TPSA) is 54.4 Å². The van der Waals surface area contributed by atoms with Gasteiger partial charge in [0.15, 0.2) is 0 Å². The summed E-state index contributed by atoms with van der Waals surface area (Å²) in [7, 11) is 0. The summed E-state index contributed by atoms with van der Waals surface area (Å²) in [6.45, 7) is 0. The third-order valence-electron chi connectivity index (χ3n) is 3.40. The molecular formula is C10H14O3. The summed E-state index contributed by atoms with van der Waals surface area (Å²) in [4.78, 5) is 22.3. The maximum Gasteiger partial charge on any atom is 0.314 e. The van der Waals surface area contributed by atoms with Gasteiger partial charge < -0.3 is 5.11 Å². The summed E-state index contributed by atoms with van der Waals surface area (Å²) in [5.41, 5.74) is 0. The molecule has 0 aromatic carbocycles. The van der Waals surface area contributed by atoms with Crippen LogP contribution in [0.1, 0.15) is 32.1 Å². The largest absolute Gasteiger partial charge is 0.481 e. The van der Waals surface area contributed by atoms with Crippen LogP contribution in [0.2, 0.25) is 0 Å². The number of aliphatic carboxylic acids is 1. The molecule has 0 spiro atoms. The molecule has 3 heteroatoms. The van der Waals surface area contributed by atoms with Gasteiger partial charge in [0.2, 0.25) is 0 Å². The van der Waals surface area contributed by atoms with E-state index in [0.717, 1.165) is 25.7 Å². The van der Waals surface area contributed by atoms with Gasteiger partial charge in [0.25, 0.3) is 0 Å². The second kappa shape index (κ2) is 3.13. The first-order valence-electron chi connectivity index (χ1n) is 4.94. The Bertz CT molecular complexity index is 247. The monoisotopic (exact) mass is 182 g/mol. The lowest BCUT2D eigenvalue weighted by molar-refractivity contribution is -0.152. The van der Waals surface area contributed by atoms with Crippen LogP contribution in [0.4, 0.5) is 0 Å². The minimum atomic E-state index is -0.907. The average molecular weight is 182 g/mol. The molecule has 72 valence electrons. The number of carbonyl (C=O) groups is 2. The Kier molecular flexibility index (Phi) is 2.10. The number of carbonyl (C=O) groups excluding carboxylic acids is 1. The molecule has 3 nitrogen and oxygen atoms in total. The quantitative estimate of drug-likeness (QED) is 0.625. The van der Waals surface area contributed by atoms with Gasteiger partial charge >= 0.3 is 5.97 Å². The summed E-state index contributed by atoms with van der Waals surface area (Å²) in [6.07, 6.45) is 4.62. The Morgan fingerprint density at radius 2 is 2.15 bits per heavy atom. The van der Waals surface area contributed by atoms with Crippen molar-refractivity contribution in [3.8, 4) is 0 Å². The number of ketones is 1. The van der Waals surface area contributed by atoms with Crippen LogP contribution in [0.3, 0.4) is 0 Å². The molecular weight excluding hydrogens is 168 g/mol. The molecule has 0 radical (unpaired) electrons. The Morgan fingerprint density at radius 3 is 2.85 bits per heavy atom. The third-order valence-corrected chi connectivity index (χ3v) is 3.40. The Hall–Kier alpha value is -0.860. The molecule has 2 bridgehead atoms. The van der Waals surface area contributed by atoms with Gasteiger partial charge in [-0.1, -0.05) is 12.8 Å². The SMILES string of the molecule is O=C(O)C1C(=O)CC2CCCC1C2. The maximum atomic E-state index is 11.5. The predicted octanol–water partition coefficient (Wildman–Crippen LogP) is 1.47. The first kappa shape index (κ1) is 8.73. The number of hydrogen-bond acceptors (Lipinski definition) is 2. The van der Waals surface area contributed by atoms with Crippen molar-refractivity contribution in [2.24, 2.45) is 17.8 Å². The van der Waals surface area contributed by atoms with Crippen LogP contribution >= 0.6 is 0 Å². The number of hydrogen-bond donors (Lipinski definition) is 1. The minimum absolute atomic E-state index is 0.0338. The lowest BCUT2D eigenvalue weighted by Gasteiger charge is -2.37. The van der Waals surface area contributed by atoms with E-state index < -0.39 is 11.9 Å². The van der Waals surface area contributed by atoms with Crippen LogP contribution in [0.25, 0.3) is 0 Å². The molecule has 13 heavy (non-hydrogen) atoms. The molecule has 2 saturated carbocycles. The van der Waals surface area contributed by atoms with Gasteiger partial charge in [-0.2, -0.15) is 0 Å². The smallest absolute Gasteiger partial charge is 0.314 e. The molecule has 2 aliphatic carbocycles. The third kappa shape index (κ3) is 1.47. The van der Waals surface area contributed by atoms with Crippen molar-refractivity contribution in [1.29, 1.82) is 0 Å². The fourth-order valence-electron chi connectivity index (χ4n) is 2.83. The molecule has 2 rings (SSSR count). The van der Waals surface area contributed by atoms with Crippen LogP contribution in [0.15, 0.2) is 0 Å². The highest BCUT2D eigenvalue weighted by Crippen LogP contribution is 2.41. The minimum Gasteiger partial charge on any atom is -0.481 e. The van der Waals surface area contributed by atoms with Crippen molar-refractivity contribution in [3.63, 3.8) is 0 Å². The maximum absolute atomic E-state index is 11.5. The van der Waals surface area contributed by atoms with E-state index >= 15 is 0 Å². The van der Waals surface area contributed by atoms with Crippen LogP contribution < -0.4 is 0 Å². The van der Waals surface area contributed by atoms with Gasteiger partial charge in [-0.3, -0.25) is 9.59 Å². The van der Waals surface area contributed by atoms with Crippen molar-refractivity contribution in [2.45, 2.75) is 32.1 Å². The first-order chi connectivity index (χ1) is 6.18. The Labute approximate surface area is 77.1 Å². The Balaban J connectivity index is 2.17. The number of fused-ring (bicyclic) bond motifs is 2. The summed E-state index contributed by atoms with van der Waals surface area (Å²) < 4.78 is 0. The average Bonchev–Trinajstić information content (AvgIpc) is 2.02. The van der Waals surface area contributed by atoms with Crippen molar-refractivity contribution < 1.29 is 14.7 Å². The van der Waals surface area contributed by atoms with Gasteiger partial charge in [0, 0.05) is 6.42 Å². The summed E-state index contributed by atoms with van der Waals surface area (Å²) >= 11 is 0. The predicted molar refractivity (Wildman–Crippen MR) is 46.2 cm³/mol. The number of rotatable bonds is 1. The van der Waals surface area contributed by atoms with Crippen molar-refractivity contribution in [3.05, 3.63) is 0 Å². The Morgan fingerprint density at radius 1 is 1.38 bits per heavy atom. The highest BCUT2D eigenvalue weighted by Gasteiger charge is 2.42. The zero-order valence-electron chi connectivity index (χ0n) is 7.53. The van der Waals surface area contributed by atoms with Gasteiger partial charge in [-0.15, -0.1) is 0 Å². The first-order valence-corrected chi connectivity index (χ1v) is 4.94. The molecule has 0 heterocycles. The molecule has 1 N–H and O–H groups in total. The lowest BCUT2D eigenvalue weighted by Crippen LogP contribution is -2.40. The number of Topliss-reactive ketones (excluding diaryl/α,β-unsaturated/α-hetero) is 1. The molecule has 0 aromatic rings. The molecule has 0 saturated heterocycles. The van der Waals surface area contributed by atoms with Crippen LogP contribution in [-0.2, 0) is 9.59 Å². The van der Waals surface area contributed by atoms with Gasteiger partial charge in [-0.25, -0.2) is 0 Å². The van der Waals surface area contributed by atoms with Gasteiger partial charge in [-0.05, 0) is 24.7 Å². The van der Waals surface area contributed by atoms with Crippen LogP contribution in [-0.4, -0.2) is 16.9 Å². The molecule has 2 fully saturated rings. The highest BCUT2D eigenvalue weighted by atomic mass is 16.4. The van der Waals surface area contributed by atoms with E-state index in [2.05, 4.69) is 0 Å². The van der Waals surface area contributed by atoms with Crippen LogP contribution in [0.5, 0.6) is 0 Å². The van der Waals surface area contributed by atoms with Crippen molar-refractivity contribution >= 4 is 11.8 Å². The normalized spacial score (nSPS) is 38.8. The van der Waals surface area contributed by atoms with Crippen molar-refractivity contribution in [1.82, 2.24) is 0 Å². The van der Waals surface area contributed by atoms with E-state index in [0.29, 0.717) is 12.3 Å². The summed E-state index contributed by atoms with van der Waals surface area (Å²) in [6, 6.07) is 0. The standard InChI is InChI=1S/C10H14O3/c11-8-5-6-2-1-3-7(4-6)9(8)10(12)13/h6-7,9H,1-5H2,(H,12,13). The highest BCUT2D eigenvalue weighted by molar-refractivity contribution is 5.99. The fourth-order valence-corrected chi connectivity index (χ4v) is 2.83. The molecule has 2 aliphatic rings. The molecule has 0 amide bonds. The van der Waals surface area contributed by atoms with Gasteiger partial charge in [0.1, 0.15) is 11.7 Å². The second-order valence-electron chi connectivity index (χ2n) is 4.28. The van der Waals surface area contributed by atoms with E-state index in [4.69, 9.17) is 5.11 Å². The van der Waals surface area contributed by atoms with E-state index in [-0.39, 0.29) is 11.7 Å². The van der Waals surface area contributed by atoms with E-state index in [1.54, 1.807) is 0 Å². The molecule has 0 aliphatic heterocycles. The number of carboxylic acid groups (broad SMARTS) is 1. The fraction of sp³-hybridized carbons (Fsp3) is 0.800. The number of carboxylic acids is 1. The lowest BCUT2D eigenvalue weighted by atomic mass is 9.66. The second-order valence-corrected chi connectivity index (χ2v) is 4.28. The van der Waals surface area contributed by atoms with Crippen molar-refractivity contribution in [2.75, 3.05) is 0 Å². The van der Waals surface area contributed by atoms with E-state index in [9.17, 15) is 9.59 Å². The summed E-state index contributed by atoms with van der Waals surface area (Å²) in [5, 5.41) is 8.90. The zero-order valence-corrected chi connectivity index (χ0v) is 7.53. The molecule has 0 aromatic heterocycles. The van der Waals surface area contributed by atoms with E-state index in [1.807, 2.05) is 0 Å². The van der Waals surface area contributed by atoms with Crippen LogP contribution in [0, 0.1) is 17.8 Å². The summed E-state index contributed by atoms with van der Waals surface area (Å²) in [5.74, 6) is -1.00. The van der Waals surface area contributed by atoms with Gasteiger partial charge in [0.05, 0.1) is 0 Å². The van der Waals surface area contributed by atoms with E-state index in [1.165, 1.54) is 0 Å². The molecule has 3 unspecified atom stereocenters. The molecule has 3 atom stereocenters.